The van der Waals surface area contributed by atoms with E-state index in [-0.39, 0.29) is 0 Å². The highest BCUT2D eigenvalue weighted by Gasteiger charge is 2.22. The van der Waals surface area contributed by atoms with Crippen molar-refractivity contribution < 1.29 is 4.79 Å². The summed E-state index contributed by atoms with van der Waals surface area (Å²) in [5.74, 6) is -0.497. The van der Waals surface area contributed by atoms with E-state index in [1.54, 1.807) is 6.20 Å². The molecular formula is C13H10Br3N3O. The van der Waals surface area contributed by atoms with Crippen LogP contribution in [0.4, 0.5) is 5.69 Å². The Morgan fingerprint density at radius 1 is 1.15 bits per heavy atom. The SMILES string of the molecule is NC(=O)C(Nc1ccc(Br)cc1)c1ncc(Br)cc1Br. The van der Waals surface area contributed by atoms with Gasteiger partial charge in [0.15, 0.2) is 0 Å². The number of aromatic nitrogens is 1. The van der Waals surface area contributed by atoms with Crippen molar-refractivity contribution in [1.82, 2.24) is 4.98 Å². The third-order valence-electron chi connectivity index (χ3n) is 2.55. The number of carbonyl (C=O) groups is 1. The maximum atomic E-state index is 11.7. The molecule has 0 aliphatic carbocycles. The summed E-state index contributed by atoms with van der Waals surface area (Å²) in [4.78, 5) is 15.9. The lowest BCUT2D eigenvalue weighted by Gasteiger charge is -2.17. The fourth-order valence-electron chi connectivity index (χ4n) is 1.62. The van der Waals surface area contributed by atoms with Crippen LogP contribution in [0.2, 0.25) is 0 Å². The highest BCUT2D eigenvalue weighted by molar-refractivity contribution is 9.11. The first-order valence-corrected chi connectivity index (χ1v) is 7.97. The minimum absolute atomic E-state index is 0.497. The van der Waals surface area contributed by atoms with E-state index < -0.39 is 11.9 Å². The van der Waals surface area contributed by atoms with Crippen LogP contribution >= 0.6 is 47.8 Å². The maximum absolute atomic E-state index is 11.7. The summed E-state index contributed by atoms with van der Waals surface area (Å²) in [5, 5.41) is 3.08. The van der Waals surface area contributed by atoms with Crippen molar-refractivity contribution in [3.8, 4) is 0 Å². The van der Waals surface area contributed by atoms with Crippen molar-refractivity contribution in [2.24, 2.45) is 5.73 Å². The van der Waals surface area contributed by atoms with E-state index >= 15 is 0 Å². The first-order chi connectivity index (χ1) is 9.47. The molecule has 4 nitrogen and oxygen atoms in total. The quantitative estimate of drug-likeness (QED) is 0.720. The molecule has 1 aromatic heterocycles. The number of hydrogen-bond donors (Lipinski definition) is 2. The van der Waals surface area contributed by atoms with Crippen LogP contribution in [0, 0.1) is 0 Å². The van der Waals surface area contributed by atoms with Gasteiger partial charge in [-0.15, -0.1) is 0 Å². The minimum Gasteiger partial charge on any atom is -0.369 e. The lowest BCUT2D eigenvalue weighted by molar-refractivity contribution is -0.118. The second kappa shape index (κ2) is 6.69. The molecule has 0 saturated heterocycles. The molecule has 0 radical (unpaired) electrons. The lowest BCUT2D eigenvalue weighted by Crippen LogP contribution is -2.28. The molecule has 1 aromatic carbocycles. The molecule has 3 N–H and O–H groups in total. The maximum Gasteiger partial charge on any atom is 0.246 e. The van der Waals surface area contributed by atoms with Crippen LogP contribution in [0.15, 0.2) is 49.9 Å². The summed E-state index contributed by atoms with van der Waals surface area (Å²) in [6, 6.07) is 8.58. The lowest BCUT2D eigenvalue weighted by atomic mass is 10.1. The first kappa shape index (κ1) is 15.5. The molecule has 104 valence electrons. The first-order valence-electron chi connectivity index (χ1n) is 5.59. The summed E-state index contributed by atoms with van der Waals surface area (Å²) >= 11 is 10.1. The Kier molecular flexibility index (Phi) is 5.17. The molecule has 2 rings (SSSR count). The number of amides is 1. The van der Waals surface area contributed by atoms with Gasteiger partial charge < -0.3 is 11.1 Å². The molecule has 1 unspecified atom stereocenters. The van der Waals surface area contributed by atoms with Gasteiger partial charge in [0, 0.05) is 25.3 Å². The van der Waals surface area contributed by atoms with Crippen molar-refractivity contribution >= 4 is 59.4 Å². The summed E-state index contributed by atoms with van der Waals surface area (Å²) < 4.78 is 2.49. The van der Waals surface area contributed by atoms with E-state index in [0.29, 0.717) is 10.2 Å². The highest BCUT2D eigenvalue weighted by Crippen LogP contribution is 2.27. The van der Waals surface area contributed by atoms with Crippen LogP contribution in [0.5, 0.6) is 0 Å². The minimum atomic E-state index is -0.710. The van der Waals surface area contributed by atoms with Crippen LogP contribution in [-0.4, -0.2) is 10.9 Å². The van der Waals surface area contributed by atoms with Crippen molar-refractivity contribution in [2.75, 3.05) is 5.32 Å². The van der Waals surface area contributed by atoms with Crippen LogP contribution in [0.1, 0.15) is 11.7 Å². The molecule has 0 aliphatic rings. The smallest absolute Gasteiger partial charge is 0.246 e. The van der Waals surface area contributed by atoms with Gasteiger partial charge in [-0.3, -0.25) is 9.78 Å². The largest absolute Gasteiger partial charge is 0.369 e. The number of benzene rings is 1. The van der Waals surface area contributed by atoms with E-state index in [4.69, 9.17) is 5.73 Å². The van der Waals surface area contributed by atoms with Gasteiger partial charge in [-0.1, -0.05) is 15.9 Å². The van der Waals surface area contributed by atoms with E-state index in [1.165, 1.54) is 0 Å². The molecule has 20 heavy (non-hydrogen) atoms. The van der Waals surface area contributed by atoms with Gasteiger partial charge in [0.1, 0.15) is 6.04 Å². The number of primary amides is 1. The van der Waals surface area contributed by atoms with Gasteiger partial charge in [0.25, 0.3) is 0 Å². The van der Waals surface area contributed by atoms with Crippen LogP contribution in [0.25, 0.3) is 0 Å². The van der Waals surface area contributed by atoms with Crippen molar-refractivity contribution in [3.63, 3.8) is 0 Å². The number of nitrogens with two attached hydrogens (primary N) is 1. The second-order valence-corrected chi connectivity index (χ2v) is 6.69. The van der Waals surface area contributed by atoms with E-state index in [2.05, 4.69) is 58.1 Å². The second-order valence-electron chi connectivity index (χ2n) is 4.01. The third kappa shape index (κ3) is 3.80. The van der Waals surface area contributed by atoms with E-state index in [9.17, 15) is 4.79 Å². The van der Waals surface area contributed by atoms with Crippen LogP contribution in [0.3, 0.4) is 0 Å². The van der Waals surface area contributed by atoms with E-state index in [1.807, 2.05) is 30.3 Å². The fourth-order valence-corrected chi connectivity index (χ4v) is 3.11. The molecule has 0 spiro atoms. The molecule has 1 atom stereocenters. The number of anilines is 1. The Hall–Kier alpha value is -0.920. The van der Waals surface area contributed by atoms with Gasteiger partial charge >= 0.3 is 0 Å². The average molecular weight is 464 g/mol. The summed E-state index contributed by atoms with van der Waals surface area (Å²) in [5.41, 5.74) is 6.80. The summed E-state index contributed by atoms with van der Waals surface area (Å²) in [6.45, 7) is 0. The molecule has 1 heterocycles. The molecule has 0 aliphatic heterocycles. The van der Waals surface area contributed by atoms with Crippen LogP contribution in [-0.2, 0) is 4.79 Å². The topological polar surface area (TPSA) is 68.0 Å². The molecule has 1 amide bonds. The number of carbonyl (C=O) groups excluding carboxylic acids is 1. The Morgan fingerprint density at radius 3 is 2.35 bits per heavy atom. The van der Waals surface area contributed by atoms with Gasteiger partial charge in [0.2, 0.25) is 5.91 Å². The van der Waals surface area contributed by atoms with Gasteiger partial charge in [-0.25, -0.2) is 0 Å². The number of halogens is 3. The zero-order valence-electron chi connectivity index (χ0n) is 10.1. The normalized spacial score (nSPS) is 11.9. The van der Waals surface area contributed by atoms with Gasteiger partial charge in [-0.05, 0) is 62.2 Å². The molecule has 2 aromatic rings. The van der Waals surface area contributed by atoms with Gasteiger partial charge in [-0.2, -0.15) is 0 Å². The zero-order chi connectivity index (χ0) is 14.7. The number of rotatable bonds is 4. The highest BCUT2D eigenvalue weighted by atomic mass is 79.9. The number of hydrogen-bond acceptors (Lipinski definition) is 3. The predicted octanol–water partition coefficient (Wildman–Crippen LogP) is 4.01. The molecule has 7 heteroatoms. The Balaban J connectivity index is 2.31. The average Bonchev–Trinajstić information content (AvgIpc) is 2.39. The van der Waals surface area contributed by atoms with Crippen molar-refractivity contribution in [1.29, 1.82) is 0 Å². The monoisotopic (exact) mass is 461 g/mol. The zero-order valence-corrected chi connectivity index (χ0v) is 14.9. The van der Waals surface area contributed by atoms with E-state index in [0.717, 1.165) is 14.6 Å². The Morgan fingerprint density at radius 2 is 1.80 bits per heavy atom. The number of nitrogens with zero attached hydrogens (tertiary/aromatic N) is 1. The van der Waals surface area contributed by atoms with Crippen molar-refractivity contribution in [2.45, 2.75) is 6.04 Å². The van der Waals surface area contributed by atoms with Crippen LogP contribution < -0.4 is 11.1 Å². The molecule has 0 fully saturated rings. The number of pyridine rings is 1. The number of nitrogens with one attached hydrogen (secondary N) is 1. The predicted molar refractivity (Wildman–Crippen MR) is 89.3 cm³/mol. The third-order valence-corrected chi connectivity index (χ3v) is 4.15. The fraction of sp³-hybridized carbons (Fsp3) is 0.0769. The Labute approximate surface area is 141 Å². The standard InChI is InChI=1S/C13H10Br3N3O/c14-7-1-3-9(4-2-7)19-12(13(17)20)11-10(16)5-8(15)6-18-11/h1-6,12,19H,(H2,17,20). The summed E-state index contributed by atoms with van der Waals surface area (Å²) in [7, 11) is 0. The molecule has 0 bridgehead atoms. The van der Waals surface area contributed by atoms with Gasteiger partial charge in [0.05, 0.1) is 5.69 Å². The molecule has 0 saturated carbocycles. The Bertz CT molecular complexity index is 631. The summed E-state index contributed by atoms with van der Waals surface area (Å²) in [6.07, 6.45) is 1.62. The van der Waals surface area contributed by atoms with Crippen molar-refractivity contribution in [3.05, 3.63) is 55.6 Å². The molecular weight excluding hydrogens is 454 g/mol.